The minimum Gasteiger partial charge on any atom is -0.353 e. The number of carbonyl (C=O) groups excluding carboxylic acids is 2. The van der Waals surface area contributed by atoms with Crippen molar-refractivity contribution in [3.63, 3.8) is 0 Å². The van der Waals surface area contributed by atoms with Gasteiger partial charge in [0.2, 0.25) is 5.91 Å². The third-order valence-electron chi connectivity index (χ3n) is 3.77. The Kier molecular flexibility index (Phi) is 4.51. The molecule has 2 amide bonds. The van der Waals surface area contributed by atoms with Gasteiger partial charge in [-0.3, -0.25) is 9.59 Å². The SMILES string of the molecule is O=C1CN(C(=O)c2nn3c(C(F)(F)F)cc(C(F)F)cc3c2Cl)CCN1. The van der Waals surface area contributed by atoms with Crippen molar-refractivity contribution >= 4 is 28.9 Å². The first-order chi connectivity index (χ1) is 12.1. The second kappa shape index (κ2) is 6.38. The maximum Gasteiger partial charge on any atom is 0.433 e. The lowest BCUT2D eigenvalue weighted by molar-refractivity contribution is -0.142. The van der Waals surface area contributed by atoms with Crippen molar-refractivity contribution in [3.05, 3.63) is 34.1 Å². The van der Waals surface area contributed by atoms with Gasteiger partial charge >= 0.3 is 6.18 Å². The lowest BCUT2D eigenvalue weighted by Crippen LogP contribution is -2.50. The monoisotopic (exact) mass is 396 g/mol. The number of carbonyl (C=O) groups is 2. The molecule has 0 atom stereocenters. The standard InChI is InChI=1S/C14H10ClF5N4O2/c15-10-7-3-6(12(16)17)4-8(14(18,19)20)24(7)22-11(10)13(26)23-2-1-21-9(25)5-23/h3-4,12H,1-2,5H2,(H,21,25). The minimum absolute atomic E-state index is 0.114. The molecule has 3 heterocycles. The molecule has 0 aliphatic carbocycles. The van der Waals surface area contributed by atoms with Crippen molar-refractivity contribution in [1.82, 2.24) is 19.8 Å². The molecule has 3 rings (SSSR count). The van der Waals surface area contributed by atoms with Crippen LogP contribution in [0.25, 0.3) is 5.52 Å². The first-order valence-electron chi connectivity index (χ1n) is 7.23. The zero-order valence-electron chi connectivity index (χ0n) is 12.8. The molecule has 6 nitrogen and oxygen atoms in total. The van der Waals surface area contributed by atoms with Crippen LogP contribution in [0.1, 0.15) is 28.2 Å². The van der Waals surface area contributed by atoms with E-state index in [1.54, 1.807) is 0 Å². The summed E-state index contributed by atoms with van der Waals surface area (Å²) in [5, 5.41) is 5.57. The molecular formula is C14H10ClF5N4O2. The van der Waals surface area contributed by atoms with Gasteiger partial charge in [0.15, 0.2) is 5.69 Å². The summed E-state index contributed by atoms with van der Waals surface area (Å²) >= 11 is 5.96. The van der Waals surface area contributed by atoms with Gasteiger partial charge in [-0.2, -0.15) is 18.3 Å². The number of pyridine rings is 1. The van der Waals surface area contributed by atoms with Gasteiger partial charge in [0.25, 0.3) is 12.3 Å². The van der Waals surface area contributed by atoms with E-state index in [-0.39, 0.29) is 25.7 Å². The number of fused-ring (bicyclic) bond motifs is 1. The maximum atomic E-state index is 13.2. The highest BCUT2D eigenvalue weighted by Crippen LogP contribution is 2.35. The van der Waals surface area contributed by atoms with Crippen molar-refractivity contribution in [2.75, 3.05) is 19.6 Å². The summed E-state index contributed by atoms with van der Waals surface area (Å²) in [5.74, 6) is -1.30. The molecule has 1 aliphatic heterocycles. The molecule has 0 bridgehead atoms. The summed E-state index contributed by atoms with van der Waals surface area (Å²) in [6.07, 6.45) is -8.17. The van der Waals surface area contributed by atoms with Crippen molar-refractivity contribution in [2.45, 2.75) is 12.6 Å². The smallest absolute Gasteiger partial charge is 0.353 e. The predicted molar refractivity (Wildman–Crippen MR) is 79.1 cm³/mol. The number of nitrogens with zero attached hydrogens (tertiary/aromatic N) is 3. The summed E-state index contributed by atoms with van der Waals surface area (Å²) in [5.41, 5.74) is -3.40. The van der Waals surface area contributed by atoms with E-state index in [4.69, 9.17) is 11.6 Å². The fraction of sp³-hybridized carbons (Fsp3) is 0.357. The van der Waals surface area contributed by atoms with E-state index >= 15 is 0 Å². The second-order valence-electron chi connectivity index (χ2n) is 5.51. The summed E-state index contributed by atoms with van der Waals surface area (Å²) in [4.78, 5) is 24.9. The number of hydrogen-bond acceptors (Lipinski definition) is 3. The van der Waals surface area contributed by atoms with E-state index in [1.807, 2.05) is 0 Å². The van der Waals surface area contributed by atoms with Crippen molar-refractivity contribution < 1.29 is 31.5 Å². The average molecular weight is 397 g/mol. The van der Waals surface area contributed by atoms with Gasteiger partial charge in [-0.05, 0) is 12.1 Å². The van der Waals surface area contributed by atoms with Crippen molar-refractivity contribution in [2.24, 2.45) is 0 Å². The topological polar surface area (TPSA) is 66.7 Å². The first kappa shape index (κ1) is 18.4. The van der Waals surface area contributed by atoms with Crippen LogP contribution >= 0.6 is 11.6 Å². The van der Waals surface area contributed by atoms with Crippen LogP contribution in [0.5, 0.6) is 0 Å². The Balaban J connectivity index is 2.15. The highest BCUT2D eigenvalue weighted by molar-refractivity contribution is 6.36. The van der Waals surface area contributed by atoms with Crippen molar-refractivity contribution in [1.29, 1.82) is 0 Å². The zero-order valence-corrected chi connectivity index (χ0v) is 13.5. The van der Waals surface area contributed by atoms with E-state index in [9.17, 15) is 31.5 Å². The van der Waals surface area contributed by atoms with Gasteiger partial charge in [0.05, 0.1) is 17.1 Å². The van der Waals surface area contributed by atoms with E-state index in [0.29, 0.717) is 4.52 Å². The van der Waals surface area contributed by atoms with Crippen LogP contribution in [0.2, 0.25) is 5.02 Å². The van der Waals surface area contributed by atoms with Crippen LogP contribution < -0.4 is 5.32 Å². The Morgan fingerprint density at radius 3 is 2.58 bits per heavy atom. The molecule has 1 aliphatic rings. The zero-order chi connectivity index (χ0) is 19.2. The van der Waals surface area contributed by atoms with Crippen LogP contribution in [0.15, 0.2) is 12.1 Å². The first-order valence-corrected chi connectivity index (χ1v) is 7.61. The van der Waals surface area contributed by atoms with Gasteiger partial charge < -0.3 is 10.2 Å². The number of nitrogens with one attached hydrogen (secondary N) is 1. The molecule has 0 radical (unpaired) electrons. The summed E-state index contributed by atoms with van der Waals surface area (Å²) in [7, 11) is 0. The summed E-state index contributed by atoms with van der Waals surface area (Å²) in [6.45, 7) is -0.0282. The quantitative estimate of drug-likeness (QED) is 0.793. The van der Waals surface area contributed by atoms with E-state index in [1.165, 1.54) is 0 Å². The number of hydrogen-bond donors (Lipinski definition) is 1. The number of amides is 2. The molecule has 1 saturated heterocycles. The Bertz CT molecular complexity index is 896. The largest absolute Gasteiger partial charge is 0.433 e. The van der Waals surface area contributed by atoms with Gasteiger partial charge in [-0.25, -0.2) is 13.3 Å². The number of rotatable bonds is 2. The molecule has 0 saturated carbocycles. The lowest BCUT2D eigenvalue weighted by atomic mass is 10.2. The highest BCUT2D eigenvalue weighted by Gasteiger charge is 2.37. The van der Waals surface area contributed by atoms with Crippen LogP contribution in [-0.4, -0.2) is 46.0 Å². The van der Waals surface area contributed by atoms with E-state index < -0.39 is 51.9 Å². The maximum absolute atomic E-state index is 13.2. The lowest BCUT2D eigenvalue weighted by Gasteiger charge is -2.25. The van der Waals surface area contributed by atoms with Crippen LogP contribution in [0, 0.1) is 0 Å². The normalized spacial score (nSPS) is 15.7. The third-order valence-corrected chi connectivity index (χ3v) is 4.14. The molecule has 1 fully saturated rings. The predicted octanol–water partition coefficient (Wildman–Crippen LogP) is 2.52. The molecule has 140 valence electrons. The van der Waals surface area contributed by atoms with Gasteiger partial charge in [0, 0.05) is 18.7 Å². The van der Waals surface area contributed by atoms with Gasteiger partial charge in [-0.15, -0.1) is 0 Å². The van der Waals surface area contributed by atoms with Crippen LogP contribution in [0.4, 0.5) is 22.0 Å². The van der Waals surface area contributed by atoms with Gasteiger partial charge in [-0.1, -0.05) is 11.6 Å². The molecule has 12 heteroatoms. The van der Waals surface area contributed by atoms with E-state index in [0.717, 1.165) is 11.0 Å². The van der Waals surface area contributed by atoms with Crippen LogP contribution in [-0.2, 0) is 11.0 Å². The molecule has 2 aromatic rings. The summed E-state index contributed by atoms with van der Waals surface area (Å²) in [6, 6.07) is 0.999. The third kappa shape index (κ3) is 3.18. The van der Waals surface area contributed by atoms with E-state index in [2.05, 4.69) is 10.4 Å². The molecule has 0 aromatic carbocycles. The Morgan fingerprint density at radius 1 is 1.31 bits per heavy atom. The Labute approximate surface area is 147 Å². The molecule has 0 unspecified atom stereocenters. The number of piperazine rings is 1. The minimum atomic E-state index is -5.00. The molecule has 1 N–H and O–H groups in total. The number of halogens is 6. The molecule has 26 heavy (non-hydrogen) atoms. The molecule has 0 spiro atoms. The number of aromatic nitrogens is 2. The van der Waals surface area contributed by atoms with Gasteiger partial charge in [0.1, 0.15) is 5.69 Å². The average Bonchev–Trinajstić information content (AvgIpc) is 2.89. The molecular weight excluding hydrogens is 387 g/mol. The molecule has 2 aromatic heterocycles. The Hall–Kier alpha value is -2.43. The second-order valence-corrected chi connectivity index (χ2v) is 5.89. The van der Waals surface area contributed by atoms with Crippen molar-refractivity contribution in [3.8, 4) is 0 Å². The highest BCUT2D eigenvalue weighted by atomic mass is 35.5. The fourth-order valence-electron chi connectivity index (χ4n) is 2.57. The van der Waals surface area contributed by atoms with Crippen LogP contribution in [0.3, 0.4) is 0 Å². The number of alkyl halides is 5. The summed E-state index contributed by atoms with van der Waals surface area (Å²) < 4.78 is 65.8. The Morgan fingerprint density at radius 2 is 2.00 bits per heavy atom. The fourth-order valence-corrected chi connectivity index (χ4v) is 2.82.